The third-order valence-corrected chi connectivity index (χ3v) is 3.21. The average molecular weight is 244 g/mol. The second-order valence-electron chi connectivity index (χ2n) is 3.16. The maximum atomic E-state index is 11.4. The van der Waals surface area contributed by atoms with Crippen LogP contribution in [0.1, 0.15) is 23.7 Å². The Labute approximate surface area is 93.4 Å². The molecule has 7 heteroatoms. The van der Waals surface area contributed by atoms with Gasteiger partial charge in [0.05, 0.1) is 11.3 Å². The summed E-state index contributed by atoms with van der Waals surface area (Å²) in [6.07, 6.45) is 1.61. The third-order valence-electron chi connectivity index (χ3n) is 1.74. The monoisotopic (exact) mass is 244 g/mol. The number of nitrogens with zero attached hydrogens (tertiary/aromatic N) is 1. The SMILES string of the molecule is CCCS(=O)(=O)Nc1ccc(C(=O)O)cn1. The van der Waals surface area contributed by atoms with Crippen LogP contribution in [-0.2, 0) is 10.0 Å². The Morgan fingerprint density at radius 3 is 2.62 bits per heavy atom. The Morgan fingerprint density at radius 1 is 1.50 bits per heavy atom. The predicted octanol–water partition coefficient (Wildman–Crippen LogP) is 0.932. The lowest BCUT2D eigenvalue weighted by molar-refractivity contribution is 0.0696. The van der Waals surface area contributed by atoms with Gasteiger partial charge in [-0.15, -0.1) is 0 Å². The van der Waals surface area contributed by atoms with Crippen LogP contribution in [0.3, 0.4) is 0 Å². The minimum Gasteiger partial charge on any atom is -0.478 e. The van der Waals surface area contributed by atoms with Crippen LogP contribution < -0.4 is 4.72 Å². The van der Waals surface area contributed by atoms with E-state index in [1.165, 1.54) is 12.1 Å². The molecule has 0 aliphatic carbocycles. The summed E-state index contributed by atoms with van der Waals surface area (Å²) >= 11 is 0. The Balaban J connectivity index is 2.80. The van der Waals surface area contributed by atoms with Gasteiger partial charge in [0.1, 0.15) is 5.82 Å². The molecule has 0 aliphatic rings. The molecule has 0 aromatic carbocycles. The largest absolute Gasteiger partial charge is 0.478 e. The van der Waals surface area contributed by atoms with Crippen molar-refractivity contribution in [3.63, 3.8) is 0 Å². The Morgan fingerprint density at radius 2 is 2.19 bits per heavy atom. The van der Waals surface area contributed by atoms with Crippen molar-refractivity contribution in [3.05, 3.63) is 23.9 Å². The molecule has 1 heterocycles. The van der Waals surface area contributed by atoms with E-state index in [1.54, 1.807) is 6.92 Å². The lowest BCUT2D eigenvalue weighted by atomic mass is 10.3. The number of rotatable bonds is 5. The standard InChI is InChI=1S/C9H12N2O4S/c1-2-5-16(14,15)11-8-4-3-7(6-10-8)9(12)13/h3-4,6H,2,5H2,1H3,(H,10,11)(H,12,13). The molecule has 0 radical (unpaired) electrons. The van der Waals surface area contributed by atoms with E-state index in [-0.39, 0.29) is 17.1 Å². The van der Waals surface area contributed by atoms with Crippen LogP contribution in [0.25, 0.3) is 0 Å². The van der Waals surface area contributed by atoms with E-state index in [9.17, 15) is 13.2 Å². The molecule has 0 atom stereocenters. The molecule has 1 rings (SSSR count). The first-order chi connectivity index (χ1) is 7.44. The maximum absolute atomic E-state index is 11.4. The molecule has 1 aromatic heterocycles. The number of aromatic carboxylic acids is 1. The zero-order valence-electron chi connectivity index (χ0n) is 8.67. The molecule has 0 unspecified atom stereocenters. The molecule has 88 valence electrons. The lowest BCUT2D eigenvalue weighted by Gasteiger charge is -2.05. The van der Waals surface area contributed by atoms with Crippen molar-refractivity contribution >= 4 is 21.8 Å². The molecular weight excluding hydrogens is 232 g/mol. The molecule has 6 nitrogen and oxygen atoms in total. The second kappa shape index (κ2) is 4.93. The smallest absolute Gasteiger partial charge is 0.337 e. The zero-order valence-corrected chi connectivity index (χ0v) is 9.49. The highest BCUT2D eigenvalue weighted by atomic mass is 32.2. The number of carboxylic acids is 1. The van der Waals surface area contributed by atoms with E-state index in [0.29, 0.717) is 6.42 Å². The van der Waals surface area contributed by atoms with Gasteiger partial charge >= 0.3 is 5.97 Å². The quantitative estimate of drug-likeness (QED) is 0.803. The number of anilines is 1. The zero-order chi connectivity index (χ0) is 12.2. The fourth-order valence-electron chi connectivity index (χ4n) is 1.06. The molecule has 0 aliphatic heterocycles. The first kappa shape index (κ1) is 12.4. The van der Waals surface area contributed by atoms with E-state index in [0.717, 1.165) is 6.20 Å². The van der Waals surface area contributed by atoms with Crippen LogP contribution in [-0.4, -0.2) is 30.2 Å². The number of sulfonamides is 1. The highest BCUT2D eigenvalue weighted by molar-refractivity contribution is 7.92. The van der Waals surface area contributed by atoms with Gasteiger partial charge in [0.25, 0.3) is 0 Å². The highest BCUT2D eigenvalue weighted by Crippen LogP contribution is 2.07. The van der Waals surface area contributed by atoms with Crippen LogP contribution in [0.5, 0.6) is 0 Å². The fraction of sp³-hybridized carbons (Fsp3) is 0.333. The molecule has 1 aromatic rings. The first-order valence-corrected chi connectivity index (χ1v) is 6.29. The Hall–Kier alpha value is -1.63. The van der Waals surface area contributed by atoms with Crippen molar-refractivity contribution < 1.29 is 18.3 Å². The van der Waals surface area contributed by atoms with Crippen molar-refractivity contribution in [2.45, 2.75) is 13.3 Å². The normalized spacial score (nSPS) is 11.1. The molecule has 0 saturated heterocycles. The molecule has 0 bridgehead atoms. The van der Waals surface area contributed by atoms with Crippen LogP contribution in [0.4, 0.5) is 5.82 Å². The molecule has 0 saturated carbocycles. The van der Waals surface area contributed by atoms with Gasteiger partial charge in [-0.3, -0.25) is 4.72 Å². The van der Waals surface area contributed by atoms with Crippen LogP contribution in [0.15, 0.2) is 18.3 Å². The van der Waals surface area contributed by atoms with Crippen molar-refractivity contribution in [3.8, 4) is 0 Å². The van der Waals surface area contributed by atoms with Crippen LogP contribution >= 0.6 is 0 Å². The van der Waals surface area contributed by atoms with E-state index in [4.69, 9.17) is 5.11 Å². The number of pyridine rings is 1. The third kappa shape index (κ3) is 3.50. The number of hydrogen-bond donors (Lipinski definition) is 2. The molecule has 0 spiro atoms. The van der Waals surface area contributed by atoms with Gasteiger partial charge in [0, 0.05) is 6.20 Å². The Bertz CT molecular complexity index is 467. The summed E-state index contributed by atoms with van der Waals surface area (Å²) in [5.74, 6) is -0.969. The van der Waals surface area contributed by atoms with Crippen molar-refractivity contribution in [1.29, 1.82) is 0 Å². The molecule has 0 amide bonds. The van der Waals surface area contributed by atoms with Crippen LogP contribution in [0, 0.1) is 0 Å². The summed E-state index contributed by atoms with van der Waals surface area (Å²) in [5.41, 5.74) is 0.0124. The topological polar surface area (TPSA) is 96.4 Å². The molecule has 2 N–H and O–H groups in total. The van der Waals surface area contributed by atoms with Crippen molar-refractivity contribution in [2.24, 2.45) is 0 Å². The second-order valence-corrected chi connectivity index (χ2v) is 5.00. The number of hydrogen-bond acceptors (Lipinski definition) is 4. The predicted molar refractivity (Wildman–Crippen MR) is 58.9 cm³/mol. The van der Waals surface area contributed by atoms with Gasteiger partial charge in [0.2, 0.25) is 10.0 Å². The average Bonchev–Trinajstić information content (AvgIpc) is 2.17. The fourth-order valence-corrected chi connectivity index (χ4v) is 2.14. The Kier molecular flexibility index (Phi) is 3.83. The van der Waals surface area contributed by atoms with E-state index in [1.807, 2.05) is 0 Å². The molecule has 0 fully saturated rings. The summed E-state index contributed by atoms with van der Waals surface area (Å²) in [6, 6.07) is 2.61. The van der Waals surface area contributed by atoms with Crippen molar-refractivity contribution in [2.75, 3.05) is 10.5 Å². The summed E-state index contributed by atoms with van der Waals surface area (Å²) in [5, 5.41) is 8.61. The van der Waals surface area contributed by atoms with E-state index < -0.39 is 16.0 Å². The van der Waals surface area contributed by atoms with Gasteiger partial charge in [-0.05, 0) is 18.6 Å². The van der Waals surface area contributed by atoms with E-state index >= 15 is 0 Å². The number of carbonyl (C=O) groups is 1. The summed E-state index contributed by atoms with van der Waals surface area (Å²) in [6.45, 7) is 1.75. The van der Waals surface area contributed by atoms with Gasteiger partial charge in [-0.25, -0.2) is 18.2 Å². The summed E-state index contributed by atoms with van der Waals surface area (Å²) in [7, 11) is -3.38. The first-order valence-electron chi connectivity index (χ1n) is 4.64. The molecular formula is C9H12N2O4S. The lowest BCUT2D eigenvalue weighted by Crippen LogP contribution is -2.17. The number of carboxylic acid groups (broad SMARTS) is 1. The highest BCUT2D eigenvalue weighted by Gasteiger charge is 2.10. The minimum atomic E-state index is -3.38. The van der Waals surface area contributed by atoms with E-state index in [2.05, 4.69) is 9.71 Å². The number of nitrogens with one attached hydrogen (secondary N) is 1. The summed E-state index contributed by atoms with van der Waals surface area (Å²) in [4.78, 5) is 14.2. The minimum absolute atomic E-state index is 0.00929. The van der Waals surface area contributed by atoms with Gasteiger partial charge in [0.15, 0.2) is 0 Å². The van der Waals surface area contributed by atoms with Gasteiger partial charge in [-0.2, -0.15) is 0 Å². The van der Waals surface area contributed by atoms with Crippen LogP contribution in [0.2, 0.25) is 0 Å². The molecule has 16 heavy (non-hydrogen) atoms. The van der Waals surface area contributed by atoms with Gasteiger partial charge < -0.3 is 5.11 Å². The maximum Gasteiger partial charge on any atom is 0.337 e. The summed E-state index contributed by atoms with van der Waals surface area (Å²) < 4.78 is 25.0. The number of aromatic nitrogens is 1. The van der Waals surface area contributed by atoms with Crippen molar-refractivity contribution in [1.82, 2.24) is 4.98 Å². The van der Waals surface area contributed by atoms with Gasteiger partial charge in [-0.1, -0.05) is 6.92 Å².